The zero-order valence-electron chi connectivity index (χ0n) is 23.1. The van der Waals surface area contributed by atoms with E-state index in [-0.39, 0.29) is 19.3 Å². The van der Waals surface area contributed by atoms with E-state index in [1.54, 1.807) is 6.07 Å². The summed E-state index contributed by atoms with van der Waals surface area (Å²) in [6, 6.07) is 9.00. The van der Waals surface area contributed by atoms with Gasteiger partial charge >= 0.3 is 0 Å². The van der Waals surface area contributed by atoms with Gasteiger partial charge in [0.25, 0.3) is 5.92 Å². The van der Waals surface area contributed by atoms with Crippen LogP contribution in [0, 0.1) is 12.8 Å². The summed E-state index contributed by atoms with van der Waals surface area (Å²) in [4.78, 5) is 21.4. The van der Waals surface area contributed by atoms with Gasteiger partial charge in [0, 0.05) is 39.8 Å². The highest BCUT2D eigenvalue weighted by molar-refractivity contribution is 14.2. The molecule has 222 valence electrons. The van der Waals surface area contributed by atoms with Crippen LogP contribution in [-0.4, -0.2) is 57.7 Å². The Balaban J connectivity index is 0.000000621. The Bertz CT molecular complexity index is 1260. The van der Waals surface area contributed by atoms with Gasteiger partial charge in [-0.05, 0) is 53.9 Å². The third-order valence-electron chi connectivity index (χ3n) is 5.52. The van der Waals surface area contributed by atoms with Crippen LogP contribution in [0.3, 0.4) is 0 Å². The van der Waals surface area contributed by atoms with E-state index < -0.39 is 24.2 Å². The van der Waals surface area contributed by atoms with Crippen LogP contribution < -0.4 is 14.8 Å². The lowest BCUT2D eigenvalue weighted by atomic mass is 10.2. The molecule has 1 aliphatic carbocycles. The van der Waals surface area contributed by atoms with Crippen LogP contribution in [0.25, 0.3) is 11.2 Å². The standard InChI is InChI=1S/C19H20F2IN6O2PS.C4H8O.C2H6.H2S/c1-10-23-16-13(24-12-6-4-5-7-14(12)30-32-27(2)3)8-15(25-17(16)28(10)31-22)26-18(29)11-9-19(11,20)21;1-2-4-5-3-1;1-2;/h4-8,11,31H,9H2,1-3H3,(H2,24,25,26,29);1-4H2;1-2H3;1H2. The molecule has 1 saturated heterocycles. The molecule has 0 bridgehead atoms. The van der Waals surface area contributed by atoms with Crippen molar-refractivity contribution in [3.8, 4) is 5.75 Å². The van der Waals surface area contributed by atoms with E-state index >= 15 is 0 Å². The van der Waals surface area contributed by atoms with Crippen molar-refractivity contribution in [1.29, 1.82) is 0 Å². The number of aromatic nitrogens is 3. The minimum atomic E-state index is -2.95. The number of hydrogen-bond acceptors (Lipinski definition) is 8. The second-order valence-corrected chi connectivity index (χ2v) is 11.8. The number of aryl methyl sites for hydroxylation is 1. The summed E-state index contributed by atoms with van der Waals surface area (Å²) in [5, 5.41) is 5.85. The molecule has 40 heavy (non-hydrogen) atoms. The molecule has 5 rings (SSSR count). The summed E-state index contributed by atoms with van der Waals surface area (Å²) in [5.74, 6) is -3.45. The summed E-state index contributed by atoms with van der Waals surface area (Å²) in [7, 11) is 3.73. The number of alkyl halides is 2. The SMILES string of the molecule is C1CCOC1.CC.Cc1nc2c(Nc3ccccc3OSN(C)C)cc(NC(=O)C3CC3(F)F)nc2n1PI.S. The van der Waals surface area contributed by atoms with Gasteiger partial charge in [-0.15, -0.1) is 0 Å². The zero-order chi connectivity index (χ0) is 28.6. The van der Waals surface area contributed by atoms with Crippen molar-refractivity contribution >= 4 is 88.4 Å². The van der Waals surface area contributed by atoms with Crippen molar-refractivity contribution in [2.75, 3.05) is 37.9 Å². The average Bonchev–Trinajstić information content (AvgIpc) is 3.28. The Kier molecular flexibility index (Phi) is 14.1. The number of benzene rings is 1. The molecule has 0 spiro atoms. The summed E-state index contributed by atoms with van der Waals surface area (Å²) in [5.41, 5.74) is 2.43. The van der Waals surface area contributed by atoms with Crippen LogP contribution >= 0.6 is 54.1 Å². The van der Waals surface area contributed by atoms with Crippen LogP contribution in [0.2, 0.25) is 0 Å². The molecule has 3 heterocycles. The maximum Gasteiger partial charge on any atom is 0.260 e. The van der Waals surface area contributed by atoms with Crippen molar-refractivity contribution in [3.05, 3.63) is 36.2 Å². The first-order valence-electron chi connectivity index (χ1n) is 12.6. The minimum Gasteiger partial charge on any atom is -0.407 e. The number of carbonyl (C=O) groups is 1. The van der Waals surface area contributed by atoms with Gasteiger partial charge in [0.1, 0.15) is 35.3 Å². The van der Waals surface area contributed by atoms with Gasteiger partial charge in [0.05, 0.1) is 17.7 Å². The Hall–Kier alpha value is -1.45. The molecule has 15 heteroatoms. The molecular weight excluding hydrogens is 692 g/mol. The summed E-state index contributed by atoms with van der Waals surface area (Å²) in [6.45, 7) is 7.87. The van der Waals surface area contributed by atoms with Gasteiger partial charge in [0.2, 0.25) is 5.91 Å². The first-order valence-corrected chi connectivity index (χ1v) is 17.4. The number of rotatable bonds is 8. The minimum absolute atomic E-state index is 0. The predicted octanol–water partition coefficient (Wildman–Crippen LogP) is 7.31. The smallest absolute Gasteiger partial charge is 0.260 e. The predicted molar refractivity (Wildman–Crippen MR) is 175 cm³/mol. The highest BCUT2D eigenvalue weighted by atomic mass is 127. The van der Waals surface area contributed by atoms with Crippen LogP contribution in [0.1, 0.15) is 38.9 Å². The van der Waals surface area contributed by atoms with Gasteiger partial charge in [-0.2, -0.15) is 13.5 Å². The van der Waals surface area contributed by atoms with Gasteiger partial charge in [-0.25, -0.2) is 23.1 Å². The Morgan fingerprint density at radius 2 is 1.88 bits per heavy atom. The highest BCUT2D eigenvalue weighted by Gasteiger charge is 2.61. The van der Waals surface area contributed by atoms with Crippen molar-refractivity contribution in [2.45, 2.75) is 46.0 Å². The fraction of sp³-hybridized carbons (Fsp3) is 0.480. The van der Waals surface area contributed by atoms with Crippen molar-refractivity contribution in [1.82, 2.24) is 18.6 Å². The monoisotopic (exact) mass is 728 g/mol. The molecule has 2 N–H and O–H groups in total. The van der Waals surface area contributed by atoms with Gasteiger partial charge in [-0.1, -0.05) is 26.0 Å². The number of nitrogens with one attached hydrogen (secondary N) is 2. The fourth-order valence-corrected chi connectivity index (χ4v) is 6.06. The molecule has 2 fully saturated rings. The number of pyridine rings is 1. The largest absolute Gasteiger partial charge is 0.407 e. The molecule has 2 aliphatic rings. The fourth-order valence-electron chi connectivity index (χ4n) is 3.54. The van der Waals surface area contributed by atoms with E-state index in [2.05, 4.69) is 42.6 Å². The quantitative estimate of drug-likeness (QED) is 0.108. The van der Waals surface area contributed by atoms with Crippen molar-refractivity contribution < 1.29 is 22.5 Å². The number of hydrogen-bond donors (Lipinski definition) is 2. The third-order valence-corrected chi connectivity index (χ3v) is 8.23. The normalized spacial score (nSPS) is 17.0. The second kappa shape index (κ2) is 16.3. The van der Waals surface area contributed by atoms with E-state index in [1.165, 1.54) is 25.1 Å². The number of nitrogens with zero attached hydrogens (tertiary/aromatic N) is 4. The Morgan fingerprint density at radius 1 is 1.23 bits per heavy atom. The van der Waals surface area contributed by atoms with E-state index in [1.807, 2.05) is 67.8 Å². The van der Waals surface area contributed by atoms with Gasteiger partial charge < -0.3 is 19.6 Å². The molecule has 2 unspecified atom stereocenters. The molecule has 9 nitrogen and oxygen atoms in total. The number of amides is 1. The second-order valence-electron chi connectivity index (χ2n) is 8.72. The topological polar surface area (TPSA) is 93.5 Å². The van der Waals surface area contributed by atoms with Gasteiger partial charge in [0.15, 0.2) is 11.4 Å². The number of halogens is 3. The molecular formula is C25H36F2IN6O3PS2. The molecule has 1 aliphatic heterocycles. The Morgan fingerprint density at radius 3 is 2.42 bits per heavy atom. The van der Waals surface area contributed by atoms with Crippen LogP contribution in [0.4, 0.5) is 26.0 Å². The molecule has 2 aromatic heterocycles. The molecule has 0 radical (unpaired) electrons. The van der Waals surface area contributed by atoms with Crippen molar-refractivity contribution in [2.24, 2.45) is 5.92 Å². The number of imidazole rings is 1. The molecule has 3 aromatic rings. The molecule has 2 atom stereocenters. The molecule has 1 amide bonds. The number of anilines is 3. The lowest BCUT2D eigenvalue weighted by Crippen LogP contribution is -2.18. The first-order chi connectivity index (χ1) is 18.7. The number of fused-ring (bicyclic) bond motifs is 1. The average molecular weight is 729 g/mol. The number of carbonyl (C=O) groups excluding carboxylic acids is 1. The van der Waals surface area contributed by atoms with Crippen LogP contribution in [0.5, 0.6) is 5.75 Å². The molecule has 1 aromatic carbocycles. The Labute approximate surface area is 260 Å². The number of para-hydroxylation sites is 2. The van der Waals surface area contributed by atoms with E-state index in [9.17, 15) is 13.6 Å². The summed E-state index contributed by atoms with van der Waals surface area (Å²) in [6.07, 6.45) is 2.44. The van der Waals surface area contributed by atoms with E-state index in [0.717, 1.165) is 19.0 Å². The van der Waals surface area contributed by atoms with Crippen molar-refractivity contribution in [3.63, 3.8) is 0 Å². The zero-order valence-corrected chi connectivity index (χ0v) is 28.0. The van der Waals surface area contributed by atoms with E-state index in [4.69, 9.17) is 8.92 Å². The van der Waals surface area contributed by atoms with E-state index in [0.29, 0.717) is 34.7 Å². The van der Waals surface area contributed by atoms with Gasteiger partial charge in [-0.3, -0.25) is 9.13 Å². The maximum atomic E-state index is 13.3. The van der Waals surface area contributed by atoms with Crippen LogP contribution in [0.15, 0.2) is 30.3 Å². The molecule has 1 saturated carbocycles. The first kappa shape index (κ1) is 34.7. The maximum absolute atomic E-state index is 13.3. The lowest BCUT2D eigenvalue weighted by molar-refractivity contribution is -0.119. The van der Waals surface area contributed by atoms with Crippen LogP contribution in [-0.2, 0) is 9.53 Å². The number of ether oxygens (including phenoxy) is 1. The lowest BCUT2D eigenvalue weighted by Gasteiger charge is -2.15. The summed E-state index contributed by atoms with van der Waals surface area (Å²) >= 11 is 3.40. The third kappa shape index (κ3) is 9.28. The highest BCUT2D eigenvalue weighted by Crippen LogP contribution is 2.49. The summed E-state index contributed by atoms with van der Waals surface area (Å²) < 4.78 is 41.1.